The van der Waals surface area contributed by atoms with Gasteiger partial charge in [0.1, 0.15) is 0 Å². The summed E-state index contributed by atoms with van der Waals surface area (Å²) in [6, 6.07) is 17.3. The van der Waals surface area contributed by atoms with Crippen LogP contribution in [-0.2, 0) is 16.0 Å². The van der Waals surface area contributed by atoms with Crippen LogP contribution in [0.15, 0.2) is 59.1 Å². The predicted octanol–water partition coefficient (Wildman–Crippen LogP) is 3.53. The molecule has 5 heteroatoms. The van der Waals surface area contributed by atoms with E-state index >= 15 is 0 Å². The Morgan fingerprint density at radius 1 is 0.870 bits per heavy atom. The van der Waals surface area contributed by atoms with Gasteiger partial charge in [-0.2, -0.15) is 0 Å². The highest BCUT2D eigenvalue weighted by Crippen LogP contribution is 2.13. The number of benzene rings is 2. The summed E-state index contributed by atoms with van der Waals surface area (Å²) in [5, 5.41) is 5.20. The molecule has 0 saturated carbocycles. The van der Waals surface area contributed by atoms with Crippen LogP contribution in [0.1, 0.15) is 18.4 Å². The first-order valence-corrected chi connectivity index (χ1v) is 8.33. The van der Waals surface area contributed by atoms with E-state index in [0.717, 1.165) is 23.7 Å². The zero-order valence-corrected chi connectivity index (χ0v) is 14.3. The van der Waals surface area contributed by atoms with E-state index in [1.807, 2.05) is 18.2 Å². The number of hydrogen-bond donors (Lipinski definition) is 2. The fourth-order valence-corrected chi connectivity index (χ4v) is 2.37. The lowest BCUT2D eigenvalue weighted by molar-refractivity contribution is -0.136. The number of rotatable bonds is 6. The SMILES string of the molecule is O=C(NCCCCc1ccccc1)C(=O)Nc1ccc(Br)cc1. The van der Waals surface area contributed by atoms with Crippen molar-refractivity contribution in [3.8, 4) is 0 Å². The lowest BCUT2D eigenvalue weighted by Gasteiger charge is -2.07. The largest absolute Gasteiger partial charge is 0.348 e. The van der Waals surface area contributed by atoms with Gasteiger partial charge in [0.2, 0.25) is 0 Å². The molecule has 0 aliphatic rings. The number of carbonyl (C=O) groups excluding carboxylic acids is 2. The van der Waals surface area contributed by atoms with Gasteiger partial charge in [0.15, 0.2) is 0 Å². The number of unbranched alkanes of at least 4 members (excludes halogenated alkanes) is 1. The van der Waals surface area contributed by atoms with Gasteiger partial charge in [-0.15, -0.1) is 0 Å². The molecule has 0 spiro atoms. The molecule has 0 aliphatic carbocycles. The van der Waals surface area contributed by atoms with Crippen LogP contribution < -0.4 is 10.6 Å². The third kappa shape index (κ3) is 6.24. The Kier molecular flexibility index (Phi) is 6.81. The summed E-state index contributed by atoms with van der Waals surface area (Å²) in [5.41, 5.74) is 1.88. The molecule has 0 radical (unpaired) electrons. The molecular weight excluding hydrogens is 356 g/mol. The highest BCUT2D eigenvalue weighted by atomic mass is 79.9. The van der Waals surface area contributed by atoms with Crippen LogP contribution >= 0.6 is 15.9 Å². The van der Waals surface area contributed by atoms with Crippen molar-refractivity contribution in [2.24, 2.45) is 0 Å². The first-order chi connectivity index (χ1) is 11.1. The third-order valence-electron chi connectivity index (χ3n) is 3.33. The molecule has 0 aromatic heterocycles. The number of amides is 2. The number of aryl methyl sites for hydroxylation is 1. The zero-order chi connectivity index (χ0) is 16.5. The summed E-state index contributed by atoms with van der Waals surface area (Å²) in [6.07, 6.45) is 2.78. The first-order valence-electron chi connectivity index (χ1n) is 7.54. The highest BCUT2D eigenvalue weighted by Gasteiger charge is 2.12. The number of nitrogens with one attached hydrogen (secondary N) is 2. The fraction of sp³-hybridized carbons (Fsp3) is 0.222. The molecule has 0 fully saturated rings. The van der Waals surface area contributed by atoms with E-state index in [1.165, 1.54) is 5.56 Å². The Morgan fingerprint density at radius 2 is 1.57 bits per heavy atom. The number of halogens is 1. The van der Waals surface area contributed by atoms with Crippen molar-refractivity contribution in [2.75, 3.05) is 11.9 Å². The lowest BCUT2D eigenvalue weighted by atomic mass is 10.1. The van der Waals surface area contributed by atoms with Crippen molar-refractivity contribution in [3.63, 3.8) is 0 Å². The van der Waals surface area contributed by atoms with Gasteiger partial charge in [-0.25, -0.2) is 0 Å². The highest BCUT2D eigenvalue weighted by molar-refractivity contribution is 9.10. The molecule has 120 valence electrons. The van der Waals surface area contributed by atoms with Gasteiger partial charge in [-0.3, -0.25) is 9.59 Å². The Balaban J connectivity index is 1.64. The van der Waals surface area contributed by atoms with Crippen molar-refractivity contribution in [3.05, 3.63) is 64.6 Å². The molecule has 0 atom stereocenters. The maximum Gasteiger partial charge on any atom is 0.313 e. The zero-order valence-electron chi connectivity index (χ0n) is 12.7. The Hall–Kier alpha value is -2.14. The van der Waals surface area contributed by atoms with Crippen LogP contribution in [0.4, 0.5) is 5.69 Å². The number of hydrogen-bond acceptors (Lipinski definition) is 2. The van der Waals surface area contributed by atoms with Crippen molar-refractivity contribution < 1.29 is 9.59 Å². The van der Waals surface area contributed by atoms with E-state index in [-0.39, 0.29) is 0 Å². The molecule has 2 rings (SSSR count). The molecule has 0 bridgehead atoms. The van der Waals surface area contributed by atoms with Gasteiger partial charge in [0.05, 0.1) is 0 Å². The van der Waals surface area contributed by atoms with Gasteiger partial charge in [-0.1, -0.05) is 46.3 Å². The smallest absolute Gasteiger partial charge is 0.313 e. The second kappa shape index (κ2) is 9.10. The standard InChI is InChI=1S/C18H19BrN2O2/c19-15-9-11-16(12-10-15)21-18(23)17(22)20-13-5-4-8-14-6-2-1-3-7-14/h1-3,6-7,9-12H,4-5,8,13H2,(H,20,22)(H,21,23). The minimum absolute atomic E-state index is 0.499. The summed E-state index contributed by atoms with van der Waals surface area (Å²) >= 11 is 3.31. The topological polar surface area (TPSA) is 58.2 Å². The van der Waals surface area contributed by atoms with Gasteiger partial charge in [0, 0.05) is 16.7 Å². The molecule has 4 nitrogen and oxygen atoms in total. The van der Waals surface area contributed by atoms with Crippen LogP contribution in [0.5, 0.6) is 0 Å². The summed E-state index contributed by atoms with van der Waals surface area (Å²) < 4.78 is 0.915. The average Bonchev–Trinajstić information content (AvgIpc) is 2.57. The van der Waals surface area contributed by atoms with Crippen LogP contribution in [-0.4, -0.2) is 18.4 Å². The van der Waals surface area contributed by atoms with Gasteiger partial charge < -0.3 is 10.6 Å². The molecule has 2 amide bonds. The monoisotopic (exact) mass is 374 g/mol. The second-order valence-corrected chi connectivity index (χ2v) is 6.08. The van der Waals surface area contributed by atoms with Crippen LogP contribution in [0.2, 0.25) is 0 Å². The number of anilines is 1. The quantitative estimate of drug-likeness (QED) is 0.600. The maximum atomic E-state index is 11.7. The summed E-state index contributed by atoms with van der Waals surface area (Å²) in [6.45, 7) is 0.499. The van der Waals surface area contributed by atoms with E-state index in [2.05, 4.69) is 38.7 Å². The van der Waals surface area contributed by atoms with Crippen molar-refractivity contribution in [1.29, 1.82) is 0 Å². The second-order valence-electron chi connectivity index (χ2n) is 5.16. The maximum absolute atomic E-state index is 11.7. The molecule has 0 aliphatic heterocycles. The Labute approximate surface area is 144 Å². The Bertz CT molecular complexity index is 642. The summed E-state index contributed by atoms with van der Waals surface area (Å²) in [5.74, 6) is -1.25. The Morgan fingerprint density at radius 3 is 2.26 bits per heavy atom. The van der Waals surface area contributed by atoms with E-state index in [0.29, 0.717) is 12.2 Å². The molecular formula is C18H19BrN2O2. The van der Waals surface area contributed by atoms with Gasteiger partial charge in [0.25, 0.3) is 0 Å². The van der Waals surface area contributed by atoms with Crippen LogP contribution in [0.25, 0.3) is 0 Å². The van der Waals surface area contributed by atoms with E-state index in [1.54, 1.807) is 24.3 Å². The predicted molar refractivity (Wildman–Crippen MR) is 95.2 cm³/mol. The van der Waals surface area contributed by atoms with E-state index < -0.39 is 11.8 Å². The molecule has 0 heterocycles. The minimum Gasteiger partial charge on any atom is -0.348 e. The molecule has 2 N–H and O–H groups in total. The van der Waals surface area contributed by atoms with E-state index in [4.69, 9.17) is 0 Å². The molecule has 23 heavy (non-hydrogen) atoms. The number of carbonyl (C=O) groups is 2. The van der Waals surface area contributed by atoms with Crippen molar-refractivity contribution in [1.82, 2.24) is 5.32 Å². The molecule has 2 aromatic rings. The normalized spacial score (nSPS) is 10.1. The average molecular weight is 375 g/mol. The molecule has 0 unspecified atom stereocenters. The van der Waals surface area contributed by atoms with Crippen LogP contribution in [0, 0.1) is 0 Å². The lowest BCUT2D eigenvalue weighted by Crippen LogP contribution is -2.35. The fourth-order valence-electron chi connectivity index (χ4n) is 2.10. The van der Waals surface area contributed by atoms with Gasteiger partial charge in [-0.05, 0) is 49.1 Å². The minimum atomic E-state index is -0.643. The summed E-state index contributed by atoms with van der Waals surface area (Å²) in [7, 11) is 0. The van der Waals surface area contributed by atoms with Crippen molar-refractivity contribution in [2.45, 2.75) is 19.3 Å². The van der Waals surface area contributed by atoms with Crippen LogP contribution in [0.3, 0.4) is 0 Å². The first kappa shape index (κ1) is 17.2. The van der Waals surface area contributed by atoms with E-state index in [9.17, 15) is 9.59 Å². The molecule has 2 aromatic carbocycles. The third-order valence-corrected chi connectivity index (χ3v) is 3.86. The summed E-state index contributed by atoms with van der Waals surface area (Å²) in [4.78, 5) is 23.5. The van der Waals surface area contributed by atoms with Crippen molar-refractivity contribution >= 4 is 33.4 Å². The molecule has 0 saturated heterocycles. The van der Waals surface area contributed by atoms with Gasteiger partial charge >= 0.3 is 11.8 Å².